The van der Waals surface area contributed by atoms with Gasteiger partial charge >= 0.3 is 6.03 Å². The topological polar surface area (TPSA) is 93.1 Å². The van der Waals surface area contributed by atoms with Gasteiger partial charge in [0.2, 0.25) is 5.91 Å². The van der Waals surface area contributed by atoms with Crippen molar-refractivity contribution in [1.29, 1.82) is 0 Å². The van der Waals surface area contributed by atoms with Crippen molar-refractivity contribution in [1.82, 2.24) is 20.2 Å². The number of aromatic nitrogens is 2. The number of amides is 3. The Morgan fingerprint density at radius 3 is 2.47 bits per heavy atom. The molecule has 3 rings (SSSR count). The van der Waals surface area contributed by atoms with Gasteiger partial charge in [-0.25, -0.2) is 9.78 Å². The summed E-state index contributed by atoms with van der Waals surface area (Å²) in [5.41, 5.74) is 3.08. The van der Waals surface area contributed by atoms with E-state index in [1.54, 1.807) is 32.0 Å². The summed E-state index contributed by atoms with van der Waals surface area (Å²) in [7, 11) is 0. The van der Waals surface area contributed by atoms with Crippen molar-refractivity contribution in [3.05, 3.63) is 63.9 Å². The largest absolute Gasteiger partial charge is 0.338 e. The highest BCUT2D eigenvalue weighted by Crippen LogP contribution is 2.26. The van der Waals surface area contributed by atoms with Gasteiger partial charge in [-0.3, -0.25) is 19.5 Å². The van der Waals surface area contributed by atoms with E-state index in [9.17, 15) is 14.4 Å². The predicted octanol–water partition coefficient (Wildman–Crippen LogP) is 3.33. The highest BCUT2D eigenvalue weighted by atomic mass is 32.2. The Bertz CT molecular complexity index is 1150. The van der Waals surface area contributed by atoms with Crippen molar-refractivity contribution in [2.75, 3.05) is 6.54 Å². The molecule has 0 aliphatic heterocycles. The minimum atomic E-state index is -0.641. The number of aryl methyl sites for hydroxylation is 2. The molecule has 3 aromatic rings. The third-order valence-corrected chi connectivity index (χ3v) is 5.49. The van der Waals surface area contributed by atoms with Crippen molar-refractivity contribution in [3.63, 3.8) is 0 Å². The molecule has 2 N–H and O–H groups in total. The second-order valence-electron chi connectivity index (χ2n) is 7.01. The van der Waals surface area contributed by atoms with Crippen LogP contribution in [0, 0.1) is 13.8 Å². The van der Waals surface area contributed by atoms with Gasteiger partial charge < -0.3 is 5.32 Å². The first kappa shape index (κ1) is 21.6. The summed E-state index contributed by atoms with van der Waals surface area (Å²) in [6.07, 6.45) is 0. The zero-order chi connectivity index (χ0) is 21.8. The van der Waals surface area contributed by atoms with Crippen LogP contribution in [0.1, 0.15) is 25.0 Å². The van der Waals surface area contributed by atoms with Crippen LogP contribution in [0.2, 0.25) is 0 Å². The molecule has 0 spiro atoms. The monoisotopic (exact) mass is 424 g/mol. The van der Waals surface area contributed by atoms with Gasteiger partial charge in [-0.05, 0) is 63.1 Å². The van der Waals surface area contributed by atoms with Crippen LogP contribution in [-0.2, 0) is 4.79 Å². The average Bonchev–Trinajstić information content (AvgIpc) is 2.67. The number of hydrogen-bond donors (Lipinski definition) is 2. The Morgan fingerprint density at radius 1 is 1.13 bits per heavy atom. The molecule has 3 amide bonds. The van der Waals surface area contributed by atoms with Gasteiger partial charge in [-0.2, -0.15) is 0 Å². The molecule has 0 radical (unpaired) electrons. The zero-order valence-corrected chi connectivity index (χ0v) is 18.2. The number of hydrogen-bond acceptors (Lipinski definition) is 5. The fourth-order valence-corrected chi connectivity index (χ4v) is 4.06. The molecule has 2 aromatic carbocycles. The number of carbonyl (C=O) groups excluding carboxylic acids is 2. The normalized spacial score (nSPS) is 11.9. The van der Waals surface area contributed by atoms with Gasteiger partial charge in [0, 0.05) is 6.54 Å². The van der Waals surface area contributed by atoms with Gasteiger partial charge in [-0.1, -0.05) is 30.0 Å². The number of benzene rings is 2. The van der Waals surface area contributed by atoms with E-state index in [4.69, 9.17) is 0 Å². The van der Waals surface area contributed by atoms with E-state index < -0.39 is 17.2 Å². The van der Waals surface area contributed by atoms with Crippen molar-refractivity contribution in [2.45, 2.75) is 38.1 Å². The maximum Gasteiger partial charge on any atom is 0.321 e. The molecule has 0 aliphatic rings. The van der Waals surface area contributed by atoms with E-state index in [0.717, 1.165) is 22.9 Å². The number of fused-ring (bicyclic) bond motifs is 1. The van der Waals surface area contributed by atoms with Crippen LogP contribution in [-0.4, -0.2) is 33.3 Å². The molecule has 156 valence electrons. The van der Waals surface area contributed by atoms with Crippen LogP contribution in [0.25, 0.3) is 16.6 Å². The Morgan fingerprint density at radius 2 is 1.80 bits per heavy atom. The van der Waals surface area contributed by atoms with E-state index in [2.05, 4.69) is 15.6 Å². The number of rotatable bonds is 5. The van der Waals surface area contributed by atoms with Gasteiger partial charge in [0.25, 0.3) is 5.56 Å². The Balaban J connectivity index is 2.08. The second kappa shape index (κ2) is 9.13. The van der Waals surface area contributed by atoms with Crippen LogP contribution in [0.15, 0.2) is 52.4 Å². The Hall–Kier alpha value is -3.13. The highest BCUT2D eigenvalue weighted by Gasteiger charge is 2.21. The summed E-state index contributed by atoms with van der Waals surface area (Å²) in [5, 5.41) is 5.08. The predicted molar refractivity (Wildman–Crippen MR) is 119 cm³/mol. The van der Waals surface area contributed by atoms with E-state index in [0.29, 0.717) is 28.3 Å². The fourth-order valence-electron chi connectivity index (χ4n) is 3.13. The van der Waals surface area contributed by atoms with Crippen LogP contribution in [0.3, 0.4) is 0 Å². The molecule has 1 unspecified atom stereocenters. The number of nitrogens with zero attached hydrogens (tertiary/aromatic N) is 2. The quantitative estimate of drug-likeness (QED) is 0.484. The van der Waals surface area contributed by atoms with Crippen molar-refractivity contribution in [3.8, 4) is 5.69 Å². The molecular formula is C22H24N4O3S. The molecule has 0 saturated carbocycles. The van der Waals surface area contributed by atoms with Gasteiger partial charge in [0.05, 0.1) is 21.8 Å². The van der Waals surface area contributed by atoms with Crippen LogP contribution in [0.5, 0.6) is 0 Å². The number of para-hydroxylation sites is 1. The van der Waals surface area contributed by atoms with Crippen LogP contribution in [0.4, 0.5) is 4.79 Å². The number of carbonyl (C=O) groups is 2. The molecule has 0 saturated heterocycles. The summed E-state index contributed by atoms with van der Waals surface area (Å²) in [4.78, 5) is 42.1. The zero-order valence-electron chi connectivity index (χ0n) is 17.4. The molecule has 0 fully saturated rings. The third kappa shape index (κ3) is 4.71. The van der Waals surface area contributed by atoms with Gasteiger partial charge in [0.15, 0.2) is 5.16 Å². The lowest BCUT2D eigenvalue weighted by Gasteiger charge is -2.17. The smallest absolute Gasteiger partial charge is 0.321 e. The summed E-state index contributed by atoms with van der Waals surface area (Å²) in [5.74, 6) is -0.458. The average molecular weight is 425 g/mol. The molecule has 0 bridgehead atoms. The molecular weight excluding hydrogens is 400 g/mol. The highest BCUT2D eigenvalue weighted by molar-refractivity contribution is 8.00. The maximum atomic E-state index is 13.3. The number of imide groups is 1. The first-order valence-electron chi connectivity index (χ1n) is 9.66. The standard InChI is InChI=1S/C22H24N4O3S/c1-5-23-21(29)25-19(27)15(4)30-22-24-18-9-7-6-8-17(18)20(28)26(22)16-11-13(2)10-14(3)12-16/h6-12,15H,5H2,1-4H3,(H2,23,25,27,29). The van der Waals surface area contributed by atoms with Gasteiger partial charge in [-0.15, -0.1) is 0 Å². The van der Waals surface area contributed by atoms with E-state index in [-0.39, 0.29) is 5.56 Å². The molecule has 0 aliphatic carbocycles. The third-order valence-electron chi connectivity index (χ3n) is 4.44. The first-order chi connectivity index (χ1) is 14.3. The number of nitrogens with one attached hydrogen (secondary N) is 2. The Kier molecular flexibility index (Phi) is 6.56. The minimum Gasteiger partial charge on any atom is -0.338 e. The van der Waals surface area contributed by atoms with Gasteiger partial charge in [0.1, 0.15) is 0 Å². The molecule has 8 heteroatoms. The first-order valence-corrected chi connectivity index (χ1v) is 10.5. The molecule has 1 atom stereocenters. The summed E-state index contributed by atoms with van der Waals surface area (Å²) in [6.45, 7) is 7.78. The number of urea groups is 1. The molecule has 1 aromatic heterocycles. The summed E-state index contributed by atoms with van der Waals surface area (Å²) >= 11 is 1.13. The molecule has 1 heterocycles. The lowest BCUT2D eigenvalue weighted by atomic mass is 10.1. The lowest BCUT2D eigenvalue weighted by molar-refractivity contribution is -0.119. The van der Waals surface area contributed by atoms with Crippen molar-refractivity contribution < 1.29 is 9.59 Å². The van der Waals surface area contributed by atoms with E-state index in [1.165, 1.54) is 4.57 Å². The second-order valence-corrected chi connectivity index (χ2v) is 8.31. The van der Waals surface area contributed by atoms with Crippen LogP contribution >= 0.6 is 11.8 Å². The Labute approximate surface area is 178 Å². The minimum absolute atomic E-state index is 0.204. The lowest BCUT2D eigenvalue weighted by Crippen LogP contribution is -2.42. The maximum absolute atomic E-state index is 13.3. The summed E-state index contributed by atoms with van der Waals surface area (Å²) < 4.78 is 1.53. The molecule has 7 nitrogen and oxygen atoms in total. The van der Waals surface area contributed by atoms with E-state index >= 15 is 0 Å². The van der Waals surface area contributed by atoms with Crippen molar-refractivity contribution in [2.24, 2.45) is 0 Å². The fraction of sp³-hybridized carbons (Fsp3) is 0.273. The SMILES string of the molecule is CCNC(=O)NC(=O)C(C)Sc1nc2ccccc2c(=O)n1-c1cc(C)cc(C)c1. The van der Waals surface area contributed by atoms with Crippen LogP contribution < -0.4 is 16.2 Å². The molecule has 30 heavy (non-hydrogen) atoms. The van der Waals surface area contributed by atoms with Crippen molar-refractivity contribution >= 4 is 34.6 Å². The summed E-state index contributed by atoms with van der Waals surface area (Å²) in [6, 6.07) is 12.4. The number of thioether (sulfide) groups is 1. The van der Waals surface area contributed by atoms with E-state index in [1.807, 2.05) is 38.1 Å².